The molecule has 1 aromatic heterocycles. The Balaban J connectivity index is 2.67. The Morgan fingerprint density at radius 2 is 2.24 bits per heavy atom. The van der Waals surface area contributed by atoms with Gasteiger partial charge in [0.1, 0.15) is 0 Å². The van der Waals surface area contributed by atoms with E-state index in [1.165, 1.54) is 0 Å². The van der Waals surface area contributed by atoms with E-state index in [-0.39, 0.29) is 6.04 Å². The van der Waals surface area contributed by atoms with Crippen molar-refractivity contribution in [2.45, 2.75) is 39.2 Å². The van der Waals surface area contributed by atoms with Gasteiger partial charge in [0, 0.05) is 18.8 Å². The topological polar surface area (TPSA) is 60.2 Å². The van der Waals surface area contributed by atoms with E-state index in [4.69, 9.17) is 10.5 Å². The van der Waals surface area contributed by atoms with E-state index < -0.39 is 0 Å². The highest BCUT2D eigenvalue weighted by molar-refractivity contribution is 5.50. The number of nitrogens with one attached hydrogen (secondary N) is 1. The molecule has 0 amide bonds. The van der Waals surface area contributed by atoms with Gasteiger partial charge in [0.25, 0.3) is 0 Å². The molecule has 0 spiro atoms. The molecule has 1 rings (SSSR count). The Morgan fingerprint density at radius 1 is 1.41 bits per heavy atom. The molecule has 0 radical (unpaired) electrons. The van der Waals surface area contributed by atoms with Gasteiger partial charge < -0.3 is 15.8 Å². The first-order valence-electron chi connectivity index (χ1n) is 6.36. The maximum Gasteiger partial charge on any atom is 0.169 e. The van der Waals surface area contributed by atoms with Crippen molar-refractivity contribution in [3.8, 4) is 5.75 Å². The van der Waals surface area contributed by atoms with Gasteiger partial charge in [-0.15, -0.1) is 0 Å². The van der Waals surface area contributed by atoms with Crippen LogP contribution in [-0.4, -0.2) is 24.2 Å². The second-order valence-electron chi connectivity index (χ2n) is 4.06. The number of rotatable bonds is 8. The lowest BCUT2D eigenvalue weighted by molar-refractivity contribution is 0.317. The molecule has 0 aliphatic rings. The van der Waals surface area contributed by atoms with Crippen molar-refractivity contribution in [1.29, 1.82) is 0 Å². The van der Waals surface area contributed by atoms with Crippen LogP contribution >= 0.6 is 0 Å². The molecule has 0 saturated carbocycles. The number of pyridine rings is 1. The SMILES string of the molecule is CCCOc1cccnc1NC(CN)CCC. The maximum absolute atomic E-state index is 5.73. The maximum atomic E-state index is 5.73. The fourth-order valence-corrected chi connectivity index (χ4v) is 1.62. The summed E-state index contributed by atoms with van der Waals surface area (Å²) in [5.74, 6) is 1.61. The molecule has 1 heterocycles. The minimum atomic E-state index is 0.263. The molecule has 1 atom stereocenters. The summed E-state index contributed by atoms with van der Waals surface area (Å²) in [4.78, 5) is 4.31. The Hall–Kier alpha value is -1.29. The summed E-state index contributed by atoms with van der Waals surface area (Å²) in [6.45, 7) is 5.56. The van der Waals surface area contributed by atoms with Gasteiger partial charge in [-0.3, -0.25) is 0 Å². The third kappa shape index (κ3) is 4.61. The molecule has 0 saturated heterocycles. The van der Waals surface area contributed by atoms with Crippen molar-refractivity contribution >= 4 is 5.82 Å². The summed E-state index contributed by atoms with van der Waals surface area (Å²) in [5.41, 5.74) is 5.73. The normalized spacial score (nSPS) is 12.2. The Kier molecular flexibility index (Phi) is 6.40. The zero-order valence-corrected chi connectivity index (χ0v) is 10.8. The van der Waals surface area contributed by atoms with E-state index in [1.54, 1.807) is 6.20 Å². The van der Waals surface area contributed by atoms with Crippen molar-refractivity contribution in [3.05, 3.63) is 18.3 Å². The fraction of sp³-hybridized carbons (Fsp3) is 0.615. The van der Waals surface area contributed by atoms with Gasteiger partial charge in [0.2, 0.25) is 0 Å². The highest BCUT2D eigenvalue weighted by Gasteiger charge is 2.09. The molecular formula is C13H23N3O. The summed E-state index contributed by atoms with van der Waals surface area (Å²) in [6, 6.07) is 4.08. The molecule has 0 aliphatic carbocycles. The van der Waals surface area contributed by atoms with Gasteiger partial charge in [0.05, 0.1) is 6.61 Å². The van der Waals surface area contributed by atoms with Gasteiger partial charge in [-0.25, -0.2) is 4.98 Å². The monoisotopic (exact) mass is 237 g/mol. The minimum absolute atomic E-state index is 0.263. The molecule has 0 aliphatic heterocycles. The zero-order valence-electron chi connectivity index (χ0n) is 10.8. The molecule has 4 nitrogen and oxygen atoms in total. The zero-order chi connectivity index (χ0) is 12.5. The van der Waals surface area contributed by atoms with Crippen LogP contribution in [0.5, 0.6) is 5.75 Å². The number of nitrogens with zero attached hydrogens (tertiary/aromatic N) is 1. The van der Waals surface area contributed by atoms with E-state index in [0.29, 0.717) is 13.2 Å². The standard InChI is InChI=1S/C13H23N3O/c1-3-6-11(10-14)16-13-12(17-9-4-2)7-5-8-15-13/h5,7-8,11H,3-4,6,9-10,14H2,1-2H3,(H,15,16). The Morgan fingerprint density at radius 3 is 2.88 bits per heavy atom. The van der Waals surface area contributed by atoms with Gasteiger partial charge in [-0.05, 0) is 25.0 Å². The lowest BCUT2D eigenvalue weighted by Gasteiger charge is -2.18. The summed E-state index contributed by atoms with van der Waals surface area (Å²) >= 11 is 0. The average Bonchev–Trinajstić information content (AvgIpc) is 2.37. The van der Waals surface area contributed by atoms with Crippen LogP contribution in [0.15, 0.2) is 18.3 Å². The summed E-state index contributed by atoms with van der Waals surface area (Å²) in [5, 5.41) is 3.35. The van der Waals surface area contributed by atoms with E-state index in [2.05, 4.69) is 24.1 Å². The highest BCUT2D eigenvalue weighted by atomic mass is 16.5. The third-order valence-corrected chi connectivity index (χ3v) is 2.49. The number of hydrogen-bond donors (Lipinski definition) is 2. The van der Waals surface area contributed by atoms with E-state index in [0.717, 1.165) is 30.8 Å². The lowest BCUT2D eigenvalue weighted by Crippen LogP contribution is -2.29. The van der Waals surface area contributed by atoms with Crippen LogP contribution in [0, 0.1) is 0 Å². The van der Waals surface area contributed by atoms with Crippen LogP contribution in [0.1, 0.15) is 33.1 Å². The smallest absolute Gasteiger partial charge is 0.169 e. The molecule has 3 N–H and O–H groups in total. The van der Waals surface area contributed by atoms with Crippen LogP contribution in [-0.2, 0) is 0 Å². The molecule has 4 heteroatoms. The largest absolute Gasteiger partial charge is 0.490 e. The molecule has 1 aromatic rings. The number of anilines is 1. The lowest BCUT2D eigenvalue weighted by atomic mass is 10.1. The first kappa shape index (κ1) is 13.8. The third-order valence-electron chi connectivity index (χ3n) is 2.49. The molecule has 0 bridgehead atoms. The summed E-state index contributed by atoms with van der Waals surface area (Å²) < 4.78 is 5.64. The van der Waals surface area contributed by atoms with E-state index in [1.807, 2.05) is 12.1 Å². The van der Waals surface area contributed by atoms with Crippen molar-refractivity contribution in [2.24, 2.45) is 5.73 Å². The van der Waals surface area contributed by atoms with Crippen LogP contribution in [0.25, 0.3) is 0 Å². The molecule has 1 unspecified atom stereocenters. The summed E-state index contributed by atoms with van der Waals surface area (Å²) in [6.07, 6.45) is 4.90. The number of aromatic nitrogens is 1. The summed E-state index contributed by atoms with van der Waals surface area (Å²) in [7, 11) is 0. The second kappa shape index (κ2) is 7.90. The molecular weight excluding hydrogens is 214 g/mol. The first-order valence-corrected chi connectivity index (χ1v) is 6.36. The highest BCUT2D eigenvalue weighted by Crippen LogP contribution is 2.22. The van der Waals surface area contributed by atoms with Crippen LogP contribution in [0.3, 0.4) is 0 Å². The van der Waals surface area contributed by atoms with Crippen LogP contribution in [0.4, 0.5) is 5.82 Å². The van der Waals surface area contributed by atoms with Gasteiger partial charge in [-0.2, -0.15) is 0 Å². The number of hydrogen-bond acceptors (Lipinski definition) is 4. The van der Waals surface area contributed by atoms with Crippen molar-refractivity contribution in [3.63, 3.8) is 0 Å². The van der Waals surface area contributed by atoms with Crippen LogP contribution < -0.4 is 15.8 Å². The molecule has 0 fully saturated rings. The minimum Gasteiger partial charge on any atom is -0.490 e. The average molecular weight is 237 g/mol. The Bertz CT molecular complexity index is 317. The fourth-order valence-electron chi connectivity index (χ4n) is 1.62. The second-order valence-corrected chi connectivity index (χ2v) is 4.06. The predicted molar refractivity (Wildman–Crippen MR) is 71.4 cm³/mol. The number of ether oxygens (including phenoxy) is 1. The van der Waals surface area contributed by atoms with Gasteiger partial charge in [0.15, 0.2) is 11.6 Å². The van der Waals surface area contributed by atoms with Crippen molar-refractivity contribution < 1.29 is 4.74 Å². The van der Waals surface area contributed by atoms with Crippen molar-refractivity contribution in [1.82, 2.24) is 4.98 Å². The first-order chi connectivity index (χ1) is 8.31. The molecule has 0 aromatic carbocycles. The molecule has 17 heavy (non-hydrogen) atoms. The number of nitrogens with two attached hydrogens (primary N) is 1. The van der Waals surface area contributed by atoms with Crippen LogP contribution in [0.2, 0.25) is 0 Å². The van der Waals surface area contributed by atoms with Crippen molar-refractivity contribution in [2.75, 3.05) is 18.5 Å². The van der Waals surface area contributed by atoms with Gasteiger partial charge >= 0.3 is 0 Å². The predicted octanol–water partition coefficient (Wildman–Crippen LogP) is 2.41. The van der Waals surface area contributed by atoms with E-state index >= 15 is 0 Å². The molecule has 96 valence electrons. The Labute approximate surface area is 104 Å². The van der Waals surface area contributed by atoms with E-state index in [9.17, 15) is 0 Å². The quantitative estimate of drug-likeness (QED) is 0.729. The van der Waals surface area contributed by atoms with Gasteiger partial charge in [-0.1, -0.05) is 20.3 Å².